The number of rotatable bonds is 2. The molecule has 2 aliphatic rings. The van der Waals surface area contributed by atoms with Gasteiger partial charge >= 0.3 is 0 Å². The van der Waals surface area contributed by atoms with Gasteiger partial charge in [0.15, 0.2) is 0 Å². The maximum Gasteiger partial charge on any atom is 0.0459 e. The van der Waals surface area contributed by atoms with Gasteiger partial charge in [-0.15, -0.1) is 24.8 Å². The molecule has 2 aliphatic heterocycles. The Labute approximate surface area is 144 Å². The van der Waals surface area contributed by atoms with Gasteiger partial charge in [0, 0.05) is 36.2 Å². The van der Waals surface area contributed by atoms with Crippen molar-refractivity contribution in [3.63, 3.8) is 0 Å². The number of benzene rings is 1. The molecule has 122 valence electrons. The zero-order chi connectivity index (χ0) is 13.4. The fourth-order valence-electron chi connectivity index (χ4n) is 3.83. The topological polar surface area (TPSA) is 31.1 Å². The van der Waals surface area contributed by atoms with Crippen LogP contribution in [0.3, 0.4) is 0 Å². The van der Waals surface area contributed by atoms with Gasteiger partial charge in [-0.2, -0.15) is 0 Å². The van der Waals surface area contributed by atoms with Crippen molar-refractivity contribution in [2.45, 2.75) is 25.8 Å². The van der Waals surface area contributed by atoms with E-state index in [4.69, 9.17) is 0 Å². The summed E-state index contributed by atoms with van der Waals surface area (Å²) < 4.78 is 0. The van der Waals surface area contributed by atoms with Crippen LogP contribution in [0.2, 0.25) is 0 Å². The summed E-state index contributed by atoms with van der Waals surface area (Å²) in [6.45, 7) is 6.01. The molecule has 0 unspecified atom stereocenters. The number of H-pyrrole nitrogens is 1. The van der Waals surface area contributed by atoms with E-state index in [-0.39, 0.29) is 24.8 Å². The van der Waals surface area contributed by atoms with E-state index in [9.17, 15) is 0 Å². The summed E-state index contributed by atoms with van der Waals surface area (Å²) >= 11 is 0. The van der Waals surface area contributed by atoms with E-state index >= 15 is 0 Å². The molecule has 2 aromatic rings. The highest BCUT2D eigenvalue weighted by Crippen LogP contribution is 2.28. The number of para-hydroxylation sites is 1. The van der Waals surface area contributed by atoms with E-state index in [1.54, 1.807) is 5.56 Å². The molecule has 0 spiro atoms. The van der Waals surface area contributed by atoms with Gasteiger partial charge in [-0.1, -0.05) is 18.2 Å². The molecule has 1 aromatic carbocycles. The van der Waals surface area contributed by atoms with Crippen molar-refractivity contribution in [1.29, 1.82) is 0 Å². The predicted octanol–water partition coefficient (Wildman–Crippen LogP) is 3.37. The highest BCUT2D eigenvalue weighted by atomic mass is 35.5. The highest BCUT2D eigenvalue weighted by Gasteiger charge is 2.23. The van der Waals surface area contributed by atoms with Crippen LogP contribution >= 0.6 is 24.8 Å². The van der Waals surface area contributed by atoms with E-state index in [0.717, 1.165) is 12.5 Å². The van der Waals surface area contributed by atoms with Crippen LogP contribution in [-0.4, -0.2) is 36.1 Å². The lowest BCUT2D eigenvalue weighted by atomic mass is 9.96. The largest absolute Gasteiger partial charge is 0.357 e. The number of halogens is 2. The van der Waals surface area contributed by atoms with Gasteiger partial charge in [-0.3, -0.25) is 4.90 Å². The fourth-order valence-corrected chi connectivity index (χ4v) is 3.83. The average molecular weight is 342 g/mol. The van der Waals surface area contributed by atoms with Crippen LogP contribution in [0.15, 0.2) is 24.3 Å². The number of nitrogens with one attached hydrogen (secondary N) is 2. The lowest BCUT2D eigenvalue weighted by Crippen LogP contribution is -2.38. The lowest BCUT2D eigenvalue weighted by molar-refractivity contribution is 0.190. The van der Waals surface area contributed by atoms with Crippen molar-refractivity contribution >= 4 is 35.7 Å². The maximum absolute atomic E-state index is 3.63. The van der Waals surface area contributed by atoms with Crippen molar-refractivity contribution < 1.29 is 0 Å². The standard InChI is InChI=1S/C17H23N3.2ClH/c1-2-4-16-14(3-1)15-7-10-20(12-17(15)19-16)11-13-5-8-18-9-6-13;;/h1-4,13,18-19H,5-12H2;2*1H. The minimum absolute atomic E-state index is 0. The van der Waals surface area contributed by atoms with E-state index in [2.05, 4.69) is 39.5 Å². The van der Waals surface area contributed by atoms with Gasteiger partial charge in [0.05, 0.1) is 0 Å². The Morgan fingerprint density at radius 3 is 2.68 bits per heavy atom. The van der Waals surface area contributed by atoms with E-state index in [1.165, 1.54) is 62.0 Å². The van der Waals surface area contributed by atoms with E-state index in [0.29, 0.717) is 0 Å². The first-order valence-electron chi connectivity index (χ1n) is 7.91. The number of fused-ring (bicyclic) bond motifs is 3. The first-order chi connectivity index (χ1) is 9.90. The molecule has 4 rings (SSSR count). The second-order valence-corrected chi connectivity index (χ2v) is 6.31. The molecule has 0 saturated carbocycles. The quantitative estimate of drug-likeness (QED) is 0.877. The zero-order valence-corrected chi connectivity index (χ0v) is 14.4. The summed E-state index contributed by atoms with van der Waals surface area (Å²) in [5.41, 5.74) is 4.31. The molecule has 0 aliphatic carbocycles. The summed E-state index contributed by atoms with van der Waals surface area (Å²) in [6, 6.07) is 8.73. The lowest BCUT2D eigenvalue weighted by Gasteiger charge is -2.32. The Bertz CT molecular complexity index is 605. The van der Waals surface area contributed by atoms with Gasteiger partial charge < -0.3 is 10.3 Å². The Hall–Kier alpha value is -0.740. The smallest absolute Gasteiger partial charge is 0.0459 e. The molecule has 1 fully saturated rings. The first-order valence-corrected chi connectivity index (χ1v) is 7.91. The zero-order valence-electron chi connectivity index (χ0n) is 12.8. The first kappa shape index (κ1) is 17.6. The molecule has 0 amide bonds. The van der Waals surface area contributed by atoms with Crippen LogP contribution in [0, 0.1) is 5.92 Å². The number of aromatic nitrogens is 1. The monoisotopic (exact) mass is 341 g/mol. The van der Waals surface area contributed by atoms with Crippen molar-refractivity contribution in [2.75, 3.05) is 26.2 Å². The van der Waals surface area contributed by atoms with Crippen LogP contribution < -0.4 is 5.32 Å². The fraction of sp³-hybridized carbons (Fsp3) is 0.529. The van der Waals surface area contributed by atoms with Crippen molar-refractivity contribution in [3.05, 3.63) is 35.5 Å². The van der Waals surface area contributed by atoms with Crippen LogP contribution in [0.25, 0.3) is 10.9 Å². The molecular weight excluding hydrogens is 317 g/mol. The molecule has 1 aromatic heterocycles. The summed E-state index contributed by atoms with van der Waals surface area (Å²) in [4.78, 5) is 6.28. The van der Waals surface area contributed by atoms with Crippen molar-refractivity contribution in [3.8, 4) is 0 Å². The summed E-state index contributed by atoms with van der Waals surface area (Å²) in [5.74, 6) is 0.891. The number of piperidine rings is 1. The normalized spacial score (nSPS) is 19.3. The number of nitrogens with zero attached hydrogens (tertiary/aromatic N) is 1. The minimum Gasteiger partial charge on any atom is -0.357 e. The third-order valence-electron chi connectivity index (χ3n) is 4.94. The van der Waals surface area contributed by atoms with Crippen LogP contribution in [0.5, 0.6) is 0 Å². The molecular formula is C17H25Cl2N3. The van der Waals surface area contributed by atoms with Crippen LogP contribution in [-0.2, 0) is 13.0 Å². The van der Waals surface area contributed by atoms with Gasteiger partial charge in [0.2, 0.25) is 0 Å². The Morgan fingerprint density at radius 1 is 1.09 bits per heavy atom. The summed E-state index contributed by atoms with van der Waals surface area (Å²) in [7, 11) is 0. The van der Waals surface area contributed by atoms with Gasteiger partial charge in [0.1, 0.15) is 0 Å². The van der Waals surface area contributed by atoms with Crippen molar-refractivity contribution in [2.24, 2.45) is 5.92 Å². The molecule has 0 bridgehead atoms. The van der Waals surface area contributed by atoms with E-state index < -0.39 is 0 Å². The summed E-state index contributed by atoms with van der Waals surface area (Å²) in [6.07, 6.45) is 3.89. The summed E-state index contributed by atoms with van der Waals surface area (Å²) in [5, 5.41) is 4.89. The second kappa shape index (κ2) is 7.69. The Balaban J connectivity index is 0.000000882. The second-order valence-electron chi connectivity index (χ2n) is 6.31. The van der Waals surface area contributed by atoms with Crippen LogP contribution in [0.4, 0.5) is 0 Å². The third-order valence-corrected chi connectivity index (χ3v) is 4.94. The Kier molecular flexibility index (Phi) is 6.16. The van der Waals surface area contributed by atoms with E-state index in [1.807, 2.05) is 0 Å². The maximum atomic E-state index is 3.63. The SMILES string of the molecule is Cl.Cl.c1ccc2c3c([nH]c2c1)CN(CC1CCNCC1)CC3. The number of hydrogen-bond acceptors (Lipinski definition) is 2. The number of hydrogen-bond donors (Lipinski definition) is 2. The molecule has 3 nitrogen and oxygen atoms in total. The third kappa shape index (κ3) is 3.43. The van der Waals surface area contributed by atoms with Gasteiger partial charge in [-0.25, -0.2) is 0 Å². The van der Waals surface area contributed by atoms with Gasteiger partial charge in [-0.05, 0) is 49.9 Å². The van der Waals surface area contributed by atoms with Crippen LogP contribution in [0.1, 0.15) is 24.1 Å². The number of aromatic amines is 1. The molecule has 5 heteroatoms. The molecule has 3 heterocycles. The minimum atomic E-state index is 0. The molecule has 0 atom stereocenters. The molecule has 22 heavy (non-hydrogen) atoms. The Morgan fingerprint density at radius 2 is 1.86 bits per heavy atom. The van der Waals surface area contributed by atoms with Gasteiger partial charge in [0.25, 0.3) is 0 Å². The molecule has 0 radical (unpaired) electrons. The predicted molar refractivity (Wildman–Crippen MR) is 97.4 cm³/mol. The molecule has 2 N–H and O–H groups in total. The van der Waals surface area contributed by atoms with Crippen molar-refractivity contribution in [1.82, 2.24) is 15.2 Å². The molecule has 1 saturated heterocycles. The highest BCUT2D eigenvalue weighted by molar-refractivity contribution is 5.86. The average Bonchev–Trinajstić information content (AvgIpc) is 2.86.